The molecule has 0 fully saturated rings. The molecule has 0 saturated heterocycles. The van der Waals surface area contributed by atoms with Gasteiger partial charge in [0.1, 0.15) is 0 Å². The summed E-state index contributed by atoms with van der Waals surface area (Å²) in [5.41, 5.74) is 2.95. The number of nitrogens with one attached hydrogen (secondary N) is 1. The van der Waals surface area contributed by atoms with Crippen molar-refractivity contribution in [2.75, 3.05) is 19.8 Å². The molecule has 0 amide bonds. The van der Waals surface area contributed by atoms with Crippen LogP contribution in [0.4, 0.5) is 0 Å². The van der Waals surface area contributed by atoms with Gasteiger partial charge in [-0.05, 0) is 28.9 Å². The van der Waals surface area contributed by atoms with E-state index < -0.39 is 0 Å². The normalized spacial score (nSPS) is 12.1. The summed E-state index contributed by atoms with van der Waals surface area (Å²) in [6.45, 7) is 14.7. The molecule has 0 radical (unpaired) electrons. The Morgan fingerprint density at radius 1 is 1.05 bits per heavy atom. The monoisotopic (exact) mass is 277 g/mol. The predicted octanol–water partition coefficient (Wildman–Crippen LogP) is 4.14. The molecule has 2 heteroatoms. The first-order valence-corrected chi connectivity index (χ1v) is 7.77. The second kappa shape index (κ2) is 8.43. The number of rotatable bonds is 8. The van der Waals surface area contributed by atoms with Gasteiger partial charge in [-0.2, -0.15) is 0 Å². The van der Waals surface area contributed by atoms with E-state index in [1.165, 1.54) is 11.1 Å². The predicted molar refractivity (Wildman–Crippen MR) is 87.1 cm³/mol. The molecule has 0 saturated carbocycles. The first-order valence-electron chi connectivity index (χ1n) is 7.77. The van der Waals surface area contributed by atoms with Crippen LogP contribution in [0.5, 0.6) is 0 Å². The second-order valence-electron chi connectivity index (χ2n) is 6.92. The summed E-state index contributed by atoms with van der Waals surface area (Å²) in [5.74, 6) is 0.726. The van der Waals surface area contributed by atoms with Gasteiger partial charge in [-0.3, -0.25) is 0 Å². The van der Waals surface area contributed by atoms with Crippen molar-refractivity contribution >= 4 is 0 Å². The zero-order valence-electron chi connectivity index (χ0n) is 13.8. The third-order valence-electron chi connectivity index (χ3n) is 3.41. The molecule has 2 nitrogen and oxygen atoms in total. The van der Waals surface area contributed by atoms with Crippen LogP contribution in [0, 0.1) is 5.92 Å². The first-order chi connectivity index (χ1) is 9.39. The van der Waals surface area contributed by atoms with Crippen molar-refractivity contribution in [1.82, 2.24) is 5.32 Å². The topological polar surface area (TPSA) is 21.3 Å². The summed E-state index contributed by atoms with van der Waals surface area (Å²) in [5, 5.41) is 3.42. The molecule has 1 aromatic rings. The highest BCUT2D eigenvalue weighted by Gasteiger charge is 2.12. The Bertz CT molecular complexity index is 362. The van der Waals surface area contributed by atoms with Gasteiger partial charge >= 0.3 is 0 Å². The van der Waals surface area contributed by atoms with Gasteiger partial charge in [-0.15, -0.1) is 0 Å². The fraction of sp³-hybridized carbons (Fsp3) is 0.667. The van der Waals surface area contributed by atoms with Crippen molar-refractivity contribution in [2.24, 2.45) is 5.92 Å². The smallest absolute Gasteiger partial charge is 0.0591 e. The minimum atomic E-state index is 0.232. The van der Waals surface area contributed by atoms with E-state index in [9.17, 15) is 0 Å². The minimum Gasteiger partial charge on any atom is -0.380 e. The van der Waals surface area contributed by atoms with Crippen LogP contribution in [-0.4, -0.2) is 19.8 Å². The van der Waals surface area contributed by atoms with Crippen LogP contribution in [0.1, 0.15) is 52.2 Å². The summed E-state index contributed by atoms with van der Waals surface area (Å²) in [6, 6.07) is 8.90. The van der Waals surface area contributed by atoms with Crippen molar-refractivity contribution in [3.05, 3.63) is 35.4 Å². The maximum Gasteiger partial charge on any atom is 0.0591 e. The van der Waals surface area contributed by atoms with Gasteiger partial charge < -0.3 is 10.1 Å². The minimum absolute atomic E-state index is 0.232. The van der Waals surface area contributed by atoms with Gasteiger partial charge in [0.25, 0.3) is 0 Å². The maximum atomic E-state index is 5.58. The number of hydrogen-bond acceptors (Lipinski definition) is 2. The highest BCUT2D eigenvalue weighted by atomic mass is 16.5. The van der Waals surface area contributed by atoms with Crippen LogP contribution in [0.25, 0.3) is 0 Å². The van der Waals surface area contributed by atoms with E-state index in [1.807, 2.05) is 0 Å². The van der Waals surface area contributed by atoms with E-state index in [4.69, 9.17) is 4.74 Å². The third kappa shape index (κ3) is 7.06. The Morgan fingerprint density at radius 3 is 2.25 bits per heavy atom. The van der Waals surface area contributed by atoms with Crippen LogP contribution >= 0.6 is 0 Å². The Kier molecular flexibility index (Phi) is 7.25. The van der Waals surface area contributed by atoms with E-state index >= 15 is 0 Å². The molecular formula is C18H31NO. The molecule has 0 bridgehead atoms. The summed E-state index contributed by atoms with van der Waals surface area (Å²) in [4.78, 5) is 0. The standard InChI is InChI=1S/C18H31NO/c1-15(2)10-12-20-13-11-19-14-16-6-8-17(9-7-16)18(3,4)5/h6-9,15,19H,10-14H2,1-5H3. The fourth-order valence-corrected chi connectivity index (χ4v) is 1.92. The lowest BCUT2D eigenvalue weighted by atomic mass is 9.87. The summed E-state index contributed by atoms with van der Waals surface area (Å²) >= 11 is 0. The van der Waals surface area contributed by atoms with E-state index in [0.717, 1.165) is 38.6 Å². The largest absolute Gasteiger partial charge is 0.380 e. The molecule has 20 heavy (non-hydrogen) atoms. The fourth-order valence-electron chi connectivity index (χ4n) is 1.92. The molecule has 1 aromatic carbocycles. The van der Waals surface area contributed by atoms with Crippen LogP contribution < -0.4 is 5.32 Å². The van der Waals surface area contributed by atoms with Gasteiger partial charge in [-0.25, -0.2) is 0 Å². The van der Waals surface area contributed by atoms with Gasteiger partial charge in [0.05, 0.1) is 6.61 Å². The first kappa shape index (κ1) is 17.2. The molecule has 1 N–H and O–H groups in total. The van der Waals surface area contributed by atoms with Gasteiger partial charge in [0.2, 0.25) is 0 Å². The molecule has 0 heterocycles. The van der Waals surface area contributed by atoms with E-state index in [0.29, 0.717) is 0 Å². The molecule has 0 atom stereocenters. The van der Waals surface area contributed by atoms with Gasteiger partial charge in [0, 0.05) is 19.7 Å². The average Bonchev–Trinajstić information content (AvgIpc) is 2.37. The quantitative estimate of drug-likeness (QED) is 0.721. The third-order valence-corrected chi connectivity index (χ3v) is 3.41. The number of ether oxygens (including phenoxy) is 1. The number of benzene rings is 1. The highest BCUT2D eigenvalue weighted by Crippen LogP contribution is 2.22. The summed E-state index contributed by atoms with van der Waals surface area (Å²) in [6.07, 6.45) is 1.15. The Morgan fingerprint density at radius 2 is 1.70 bits per heavy atom. The molecule has 1 rings (SSSR count). The zero-order valence-corrected chi connectivity index (χ0v) is 13.8. The van der Waals surface area contributed by atoms with Crippen LogP contribution in [0.15, 0.2) is 24.3 Å². The van der Waals surface area contributed by atoms with E-state index in [-0.39, 0.29) is 5.41 Å². The van der Waals surface area contributed by atoms with Crippen LogP contribution in [-0.2, 0) is 16.7 Å². The highest BCUT2D eigenvalue weighted by molar-refractivity contribution is 5.27. The van der Waals surface area contributed by atoms with Crippen LogP contribution in [0.3, 0.4) is 0 Å². The second-order valence-corrected chi connectivity index (χ2v) is 6.92. The zero-order chi connectivity index (χ0) is 15.0. The molecule has 0 spiro atoms. The Balaban J connectivity index is 2.16. The van der Waals surface area contributed by atoms with Crippen molar-refractivity contribution in [3.8, 4) is 0 Å². The van der Waals surface area contributed by atoms with Crippen molar-refractivity contribution in [1.29, 1.82) is 0 Å². The molecule has 0 aliphatic carbocycles. The summed E-state index contributed by atoms with van der Waals surface area (Å²) in [7, 11) is 0. The molecular weight excluding hydrogens is 246 g/mol. The maximum absolute atomic E-state index is 5.58. The van der Waals surface area contributed by atoms with Crippen molar-refractivity contribution in [2.45, 2.75) is 53.0 Å². The molecule has 0 aromatic heterocycles. The molecule has 0 aliphatic heterocycles. The van der Waals surface area contributed by atoms with Crippen molar-refractivity contribution < 1.29 is 4.74 Å². The summed E-state index contributed by atoms with van der Waals surface area (Å²) < 4.78 is 5.58. The van der Waals surface area contributed by atoms with Crippen LogP contribution in [0.2, 0.25) is 0 Å². The lowest BCUT2D eigenvalue weighted by Gasteiger charge is -2.19. The van der Waals surface area contributed by atoms with Gasteiger partial charge in [-0.1, -0.05) is 58.9 Å². The lowest BCUT2D eigenvalue weighted by Crippen LogP contribution is -2.20. The lowest BCUT2D eigenvalue weighted by molar-refractivity contribution is 0.125. The van der Waals surface area contributed by atoms with Gasteiger partial charge in [0.15, 0.2) is 0 Å². The van der Waals surface area contributed by atoms with E-state index in [2.05, 4.69) is 64.2 Å². The average molecular weight is 277 g/mol. The van der Waals surface area contributed by atoms with Crippen molar-refractivity contribution in [3.63, 3.8) is 0 Å². The molecule has 0 aliphatic rings. The van der Waals surface area contributed by atoms with E-state index in [1.54, 1.807) is 0 Å². The molecule has 0 unspecified atom stereocenters. The SMILES string of the molecule is CC(C)CCOCCNCc1ccc(C(C)(C)C)cc1. The molecule has 114 valence electrons. The Hall–Kier alpha value is -0.860. The number of hydrogen-bond donors (Lipinski definition) is 1. The Labute approximate surface area is 124 Å².